The normalized spacial score (nSPS) is 10.8. The van der Waals surface area contributed by atoms with Gasteiger partial charge in [0.15, 0.2) is 0 Å². The molecule has 0 saturated carbocycles. The largest absolute Gasteiger partial charge is 2.00 e. The Morgan fingerprint density at radius 3 is 1.49 bits per heavy atom. The van der Waals surface area contributed by atoms with Crippen LogP contribution in [0.15, 0.2) is 110 Å². The Bertz CT molecular complexity index is 2270. The average molecular weight is 850 g/mol. The van der Waals surface area contributed by atoms with E-state index in [1.807, 2.05) is 77.4 Å². The number of aromatic nitrogens is 6. The number of pyridine rings is 2. The van der Waals surface area contributed by atoms with Gasteiger partial charge in [-0.15, -0.1) is 70.8 Å². The van der Waals surface area contributed by atoms with E-state index < -0.39 is 0 Å². The van der Waals surface area contributed by atoms with E-state index in [1.165, 1.54) is 12.7 Å². The summed E-state index contributed by atoms with van der Waals surface area (Å²) in [6.45, 7) is 4.21. The molecule has 0 fully saturated rings. The van der Waals surface area contributed by atoms with Crippen molar-refractivity contribution in [3.05, 3.63) is 145 Å². The summed E-state index contributed by atoms with van der Waals surface area (Å²) in [7, 11) is 0. The molecule has 0 aliphatic heterocycles. The Morgan fingerprint density at radius 1 is 0.569 bits per heavy atom. The minimum atomic E-state index is 0. The molecule has 0 atom stereocenters. The maximum atomic E-state index is 6.50. The molecule has 0 bridgehead atoms. The van der Waals surface area contributed by atoms with Crippen LogP contribution in [-0.4, -0.2) is 29.5 Å². The van der Waals surface area contributed by atoms with Crippen molar-refractivity contribution in [1.82, 2.24) is 29.5 Å². The minimum Gasteiger partial charge on any atom is -0.503 e. The molecule has 0 amide bonds. The molecule has 0 aliphatic rings. The molecule has 8 rings (SSSR count). The van der Waals surface area contributed by atoms with Crippen molar-refractivity contribution in [2.75, 3.05) is 0 Å². The molecule has 0 unspecified atom stereocenters. The molecule has 51 heavy (non-hydrogen) atoms. The molecule has 8 nitrogen and oxygen atoms in total. The summed E-state index contributed by atoms with van der Waals surface area (Å²) >= 11 is 0. The predicted molar refractivity (Wildman–Crippen MR) is 188 cm³/mol. The van der Waals surface area contributed by atoms with Crippen LogP contribution in [0.4, 0.5) is 0 Å². The molecular formula is C41H28N6O2Pd2. The molecule has 0 radical (unpaired) electrons. The number of benzene rings is 4. The van der Waals surface area contributed by atoms with Crippen molar-refractivity contribution in [3.8, 4) is 51.5 Å². The molecule has 254 valence electrons. The van der Waals surface area contributed by atoms with E-state index in [4.69, 9.17) is 9.47 Å². The monoisotopic (exact) mass is 848 g/mol. The van der Waals surface area contributed by atoms with E-state index >= 15 is 0 Å². The number of aryl methyl sites for hydroxylation is 2. The van der Waals surface area contributed by atoms with Gasteiger partial charge in [-0.3, -0.25) is 0 Å². The summed E-state index contributed by atoms with van der Waals surface area (Å²) in [5, 5.41) is 1.96. The molecule has 0 aliphatic carbocycles. The van der Waals surface area contributed by atoms with E-state index in [-0.39, 0.29) is 40.8 Å². The summed E-state index contributed by atoms with van der Waals surface area (Å²) < 4.78 is 14.9. The number of ether oxygens (including phenoxy) is 2. The van der Waals surface area contributed by atoms with E-state index in [9.17, 15) is 0 Å². The molecular weight excluding hydrogens is 821 g/mol. The van der Waals surface area contributed by atoms with Crippen LogP contribution in [0.25, 0.3) is 50.3 Å². The van der Waals surface area contributed by atoms with Gasteiger partial charge in [0.2, 0.25) is 5.95 Å². The number of nitrogens with zero attached hydrogens (tertiary/aromatic N) is 6. The van der Waals surface area contributed by atoms with Gasteiger partial charge in [0.1, 0.15) is 12.7 Å². The second-order valence-corrected chi connectivity index (χ2v) is 11.2. The van der Waals surface area contributed by atoms with Crippen molar-refractivity contribution in [3.63, 3.8) is 0 Å². The first kappa shape index (κ1) is 35.7. The SMILES string of the molecule is CCc1cc2c3cc(CC)c(Oc4[c-]c(-c5ccccn5)ccc4)[c-]c3n(-c3ncncn3)c2[c-]c1Oc1[c-]c(-c2ccccn2)ccc1.[Pd+2].[Pd+2]. The summed E-state index contributed by atoms with van der Waals surface area (Å²) in [4.78, 5) is 22.0. The zero-order valence-electron chi connectivity index (χ0n) is 27.4. The van der Waals surface area contributed by atoms with Crippen molar-refractivity contribution < 1.29 is 50.3 Å². The fourth-order valence-electron chi connectivity index (χ4n) is 5.84. The first-order chi connectivity index (χ1) is 24.2. The van der Waals surface area contributed by atoms with Gasteiger partial charge in [-0.2, -0.15) is 22.9 Å². The molecule has 0 N–H and O–H groups in total. The molecule has 4 aromatic heterocycles. The van der Waals surface area contributed by atoms with Crippen molar-refractivity contribution in [2.45, 2.75) is 26.7 Å². The van der Waals surface area contributed by atoms with Gasteiger partial charge in [-0.1, -0.05) is 74.1 Å². The van der Waals surface area contributed by atoms with Crippen molar-refractivity contribution in [1.29, 1.82) is 0 Å². The number of hydrogen-bond acceptors (Lipinski definition) is 7. The number of fused-ring (bicyclic) bond motifs is 3. The van der Waals surface area contributed by atoms with Gasteiger partial charge < -0.3 is 24.0 Å². The van der Waals surface area contributed by atoms with Gasteiger partial charge in [0.25, 0.3) is 0 Å². The van der Waals surface area contributed by atoms with Crippen LogP contribution in [0.2, 0.25) is 0 Å². The molecule has 4 heterocycles. The molecule has 8 aromatic rings. The van der Waals surface area contributed by atoms with Crippen LogP contribution in [0, 0.1) is 24.3 Å². The fraction of sp³-hybridized carbons (Fsp3) is 0.0976. The Balaban J connectivity index is 0.00000224. The summed E-state index contributed by atoms with van der Waals surface area (Å²) in [6.07, 6.45) is 7.95. The zero-order valence-corrected chi connectivity index (χ0v) is 30.5. The van der Waals surface area contributed by atoms with Crippen molar-refractivity contribution >= 4 is 21.8 Å². The molecule has 0 saturated heterocycles. The summed E-state index contributed by atoms with van der Waals surface area (Å²) in [6, 6.07) is 41.4. The topological polar surface area (TPSA) is 87.8 Å². The Kier molecular flexibility index (Phi) is 11.1. The third-order valence-electron chi connectivity index (χ3n) is 8.22. The summed E-state index contributed by atoms with van der Waals surface area (Å²) in [5.74, 6) is 2.75. The summed E-state index contributed by atoms with van der Waals surface area (Å²) in [5.41, 5.74) is 6.80. The third-order valence-corrected chi connectivity index (χ3v) is 8.22. The van der Waals surface area contributed by atoms with E-state index in [0.29, 0.717) is 28.9 Å². The standard InChI is InChI=1S/C41H28N6O2.2Pd/c1-3-27-21-33-34-22-28(4-2)40(49-32-14-10-12-30(20-32)36-16-6-8-18-44-36)24-38(34)47(41-45-25-42-26-46-41)37(33)23-39(27)48-31-13-9-11-29(19-31)35-15-5-7-17-43-35;;/h5-18,21-22,25-26H,3-4H2,1-2H3;;/q-4;2*+2. The quantitative estimate of drug-likeness (QED) is 0.106. The number of rotatable bonds is 9. The van der Waals surface area contributed by atoms with Gasteiger partial charge in [-0.05, 0) is 23.5 Å². The maximum absolute atomic E-state index is 6.50. The minimum absolute atomic E-state index is 0. The first-order valence-electron chi connectivity index (χ1n) is 16.0. The van der Waals surface area contributed by atoms with Crippen LogP contribution in [0.1, 0.15) is 25.0 Å². The van der Waals surface area contributed by atoms with Crippen LogP contribution in [0.3, 0.4) is 0 Å². The molecule has 10 heteroatoms. The van der Waals surface area contributed by atoms with Gasteiger partial charge in [0, 0.05) is 35.4 Å². The second kappa shape index (κ2) is 15.9. The molecule has 4 aromatic carbocycles. The van der Waals surface area contributed by atoms with Gasteiger partial charge in [-0.25, -0.2) is 15.0 Å². The Morgan fingerprint density at radius 2 is 1.06 bits per heavy atom. The smallest absolute Gasteiger partial charge is 0.503 e. The van der Waals surface area contributed by atoms with Crippen LogP contribution >= 0.6 is 0 Å². The van der Waals surface area contributed by atoms with Crippen LogP contribution in [-0.2, 0) is 53.7 Å². The van der Waals surface area contributed by atoms with E-state index in [1.54, 1.807) is 12.4 Å². The van der Waals surface area contributed by atoms with Crippen LogP contribution in [0.5, 0.6) is 23.0 Å². The zero-order chi connectivity index (χ0) is 33.2. The van der Waals surface area contributed by atoms with E-state index in [2.05, 4.69) is 75.2 Å². The number of hydrogen-bond donors (Lipinski definition) is 0. The van der Waals surface area contributed by atoms with Crippen molar-refractivity contribution in [2.24, 2.45) is 0 Å². The second-order valence-electron chi connectivity index (χ2n) is 11.2. The maximum Gasteiger partial charge on any atom is 2.00 e. The van der Waals surface area contributed by atoms with E-state index in [0.717, 1.165) is 68.3 Å². The Labute approximate surface area is 323 Å². The predicted octanol–water partition coefficient (Wildman–Crippen LogP) is 9.00. The first-order valence-corrected chi connectivity index (χ1v) is 16.0. The average Bonchev–Trinajstić information content (AvgIpc) is 3.47. The molecule has 0 spiro atoms. The van der Waals surface area contributed by atoms with Crippen LogP contribution < -0.4 is 9.47 Å². The van der Waals surface area contributed by atoms with Gasteiger partial charge >= 0.3 is 40.8 Å². The fourth-order valence-corrected chi connectivity index (χ4v) is 5.84. The third kappa shape index (κ3) is 7.24. The van der Waals surface area contributed by atoms with Gasteiger partial charge in [0.05, 0.1) is 0 Å². The Hall–Kier alpha value is -5.09.